The Morgan fingerprint density at radius 3 is 2.56 bits per heavy atom. The molecule has 3 heteroatoms. The molecule has 0 spiro atoms. The van der Waals surface area contributed by atoms with Gasteiger partial charge >= 0.3 is 0 Å². The summed E-state index contributed by atoms with van der Waals surface area (Å²) in [6, 6.07) is 4.49. The summed E-state index contributed by atoms with van der Waals surface area (Å²) < 4.78 is 5.86. The molecule has 0 aromatic carbocycles. The third-order valence-electron chi connectivity index (χ3n) is 3.21. The molecule has 2 rings (SSSR count). The number of hydrogen-bond acceptors (Lipinski definition) is 3. The van der Waals surface area contributed by atoms with Crippen molar-refractivity contribution in [1.82, 2.24) is 4.98 Å². The van der Waals surface area contributed by atoms with Crippen LogP contribution >= 0.6 is 0 Å². The van der Waals surface area contributed by atoms with Gasteiger partial charge in [-0.3, -0.25) is 4.98 Å². The molecule has 1 saturated carbocycles. The van der Waals surface area contributed by atoms with Gasteiger partial charge in [0, 0.05) is 18.4 Å². The van der Waals surface area contributed by atoms with E-state index in [1.807, 2.05) is 24.5 Å². The Kier molecular flexibility index (Phi) is 4.31. The highest BCUT2D eigenvalue weighted by molar-refractivity contribution is 5.09. The van der Waals surface area contributed by atoms with Gasteiger partial charge in [-0.2, -0.15) is 0 Å². The molecule has 3 nitrogen and oxygen atoms in total. The lowest BCUT2D eigenvalue weighted by atomic mass is 9.94. The molecule has 1 fully saturated rings. The fraction of sp³-hybridized carbons (Fsp3) is 0.615. The average Bonchev–Trinajstić information content (AvgIpc) is 2.33. The molecule has 0 unspecified atom stereocenters. The molecule has 2 N–H and O–H groups in total. The van der Waals surface area contributed by atoms with Crippen LogP contribution in [-0.2, 0) is 11.2 Å². The minimum absolute atomic E-state index is 0.403. The minimum Gasteiger partial charge on any atom is -0.378 e. The smallest absolute Gasteiger partial charge is 0.0576 e. The maximum atomic E-state index is 5.86. The number of rotatable bonds is 4. The summed E-state index contributed by atoms with van der Waals surface area (Å²) in [5.41, 5.74) is 7.15. The van der Waals surface area contributed by atoms with Crippen LogP contribution in [0.1, 0.15) is 31.2 Å². The molecule has 0 atom stereocenters. The van der Waals surface area contributed by atoms with Crippen LogP contribution in [0.3, 0.4) is 0 Å². The number of hydrogen-bond donors (Lipinski definition) is 1. The van der Waals surface area contributed by atoms with Crippen LogP contribution in [0.2, 0.25) is 0 Å². The molecule has 1 aromatic rings. The van der Waals surface area contributed by atoms with Crippen molar-refractivity contribution in [1.29, 1.82) is 0 Å². The third-order valence-corrected chi connectivity index (χ3v) is 3.21. The summed E-state index contributed by atoms with van der Waals surface area (Å²) in [7, 11) is 0. The average molecular weight is 220 g/mol. The Morgan fingerprint density at radius 2 is 1.88 bits per heavy atom. The Hall–Kier alpha value is -0.930. The molecule has 1 heterocycles. The zero-order valence-corrected chi connectivity index (χ0v) is 9.64. The summed E-state index contributed by atoms with van der Waals surface area (Å²) in [6.45, 7) is 0.809. The number of nitrogens with two attached hydrogens (primary N) is 1. The van der Waals surface area contributed by atoms with Crippen LogP contribution in [-0.4, -0.2) is 23.7 Å². The lowest BCUT2D eigenvalue weighted by molar-refractivity contribution is 0.0270. The van der Waals surface area contributed by atoms with Gasteiger partial charge in [-0.05, 0) is 49.8 Å². The summed E-state index contributed by atoms with van der Waals surface area (Å²) >= 11 is 0. The van der Waals surface area contributed by atoms with E-state index in [1.54, 1.807) is 0 Å². The molecule has 1 aliphatic rings. The minimum atomic E-state index is 0.403. The Bertz CT molecular complexity index is 294. The van der Waals surface area contributed by atoms with Crippen molar-refractivity contribution < 1.29 is 4.74 Å². The van der Waals surface area contributed by atoms with Gasteiger partial charge in [0.2, 0.25) is 0 Å². The molecule has 16 heavy (non-hydrogen) atoms. The number of pyridine rings is 1. The van der Waals surface area contributed by atoms with E-state index in [0.29, 0.717) is 12.1 Å². The summed E-state index contributed by atoms with van der Waals surface area (Å²) in [5.74, 6) is 0. The summed E-state index contributed by atoms with van der Waals surface area (Å²) in [6.07, 6.45) is 9.53. The monoisotopic (exact) mass is 220 g/mol. The second-order valence-corrected chi connectivity index (χ2v) is 4.51. The molecular formula is C13H20N2O. The van der Waals surface area contributed by atoms with Crippen LogP contribution in [0.4, 0.5) is 0 Å². The van der Waals surface area contributed by atoms with Gasteiger partial charge in [-0.25, -0.2) is 0 Å². The second-order valence-electron chi connectivity index (χ2n) is 4.51. The number of ether oxygens (including phenoxy) is 1. The highest BCUT2D eigenvalue weighted by Gasteiger charge is 2.18. The Labute approximate surface area is 97.0 Å². The second kappa shape index (κ2) is 5.97. The van der Waals surface area contributed by atoms with Crippen molar-refractivity contribution >= 4 is 0 Å². The van der Waals surface area contributed by atoms with Crippen LogP contribution in [0, 0.1) is 0 Å². The molecule has 0 saturated heterocycles. The lowest BCUT2D eigenvalue weighted by Gasteiger charge is -2.26. The highest BCUT2D eigenvalue weighted by atomic mass is 16.5. The van der Waals surface area contributed by atoms with Crippen LogP contribution in [0.5, 0.6) is 0 Å². The van der Waals surface area contributed by atoms with Gasteiger partial charge in [0.1, 0.15) is 0 Å². The van der Waals surface area contributed by atoms with Crippen LogP contribution < -0.4 is 5.73 Å². The lowest BCUT2D eigenvalue weighted by Crippen LogP contribution is -2.30. The first-order valence-corrected chi connectivity index (χ1v) is 6.10. The fourth-order valence-electron chi connectivity index (χ4n) is 2.15. The molecular weight excluding hydrogens is 200 g/mol. The van der Waals surface area contributed by atoms with E-state index in [-0.39, 0.29) is 0 Å². The van der Waals surface area contributed by atoms with Gasteiger partial charge in [-0.1, -0.05) is 0 Å². The first-order chi connectivity index (χ1) is 7.84. The zero-order chi connectivity index (χ0) is 11.2. The predicted octanol–water partition coefficient (Wildman–Crippen LogP) is 1.91. The van der Waals surface area contributed by atoms with Crippen molar-refractivity contribution in [2.75, 3.05) is 6.61 Å². The molecule has 0 aliphatic heterocycles. The quantitative estimate of drug-likeness (QED) is 0.843. The first kappa shape index (κ1) is 11.6. The first-order valence-electron chi connectivity index (χ1n) is 6.10. The van der Waals surface area contributed by atoms with E-state index in [1.165, 1.54) is 5.56 Å². The largest absolute Gasteiger partial charge is 0.378 e. The van der Waals surface area contributed by atoms with Crippen LogP contribution in [0.15, 0.2) is 24.5 Å². The fourth-order valence-corrected chi connectivity index (χ4v) is 2.15. The van der Waals surface area contributed by atoms with Gasteiger partial charge < -0.3 is 10.5 Å². The van der Waals surface area contributed by atoms with Crippen LogP contribution in [0.25, 0.3) is 0 Å². The number of aromatic nitrogens is 1. The maximum absolute atomic E-state index is 5.86. The standard InChI is InChI=1S/C13H20N2O/c14-12-1-3-13(4-2-12)16-10-7-11-5-8-15-9-6-11/h5-6,8-9,12-13H,1-4,7,10,14H2. The highest BCUT2D eigenvalue weighted by Crippen LogP contribution is 2.19. The van der Waals surface area contributed by atoms with Gasteiger partial charge in [0.15, 0.2) is 0 Å². The normalized spacial score (nSPS) is 25.6. The van der Waals surface area contributed by atoms with Crippen molar-refractivity contribution in [3.05, 3.63) is 30.1 Å². The number of nitrogens with zero attached hydrogens (tertiary/aromatic N) is 1. The summed E-state index contributed by atoms with van der Waals surface area (Å²) in [5, 5.41) is 0. The third kappa shape index (κ3) is 3.58. The predicted molar refractivity (Wildman–Crippen MR) is 64.1 cm³/mol. The van der Waals surface area contributed by atoms with Crippen molar-refractivity contribution in [2.45, 2.75) is 44.2 Å². The molecule has 1 aromatic heterocycles. The van der Waals surface area contributed by atoms with Gasteiger partial charge in [0.05, 0.1) is 12.7 Å². The molecule has 88 valence electrons. The van der Waals surface area contributed by atoms with E-state index >= 15 is 0 Å². The van der Waals surface area contributed by atoms with Crippen molar-refractivity contribution in [3.63, 3.8) is 0 Å². The van der Waals surface area contributed by atoms with Crippen molar-refractivity contribution in [2.24, 2.45) is 5.73 Å². The maximum Gasteiger partial charge on any atom is 0.0576 e. The topological polar surface area (TPSA) is 48.1 Å². The Morgan fingerprint density at radius 1 is 1.19 bits per heavy atom. The van der Waals surface area contributed by atoms with Gasteiger partial charge in [-0.15, -0.1) is 0 Å². The van der Waals surface area contributed by atoms with E-state index in [0.717, 1.165) is 38.7 Å². The zero-order valence-electron chi connectivity index (χ0n) is 9.64. The molecule has 0 radical (unpaired) electrons. The van der Waals surface area contributed by atoms with E-state index in [2.05, 4.69) is 4.98 Å². The van der Waals surface area contributed by atoms with Gasteiger partial charge in [0.25, 0.3) is 0 Å². The van der Waals surface area contributed by atoms with E-state index in [4.69, 9.17) is 10.5 Å². The molecule has 0 amide bonds. The molecule has 1 aliphatic carbocycles. The van der Waals surface area contributed by atoms with E-state index < -0.39 is 0 Å². The Balaban J connectivity index is 1.65. The van der Waals surface area contributed by atoms with Crippen molar-refractivity contribution in [3.8, 4) is 0 Å². The summed E-state index contributed by atoms with van der Waals surface area (Å²) in [4.78, 5) is 4.00. The SMILES string of the molecule is NC1CCC(OCCc2ccncc2)CC1. The van der Waals surface area contributed by atoms with E-state index in [9.17, 15) is 0 Å². The molecule has 0 bridgehead atoms.